The molecule has 0 bridgehead atoms. The van der Waals surface area contributed by atoms with Gasteiger partial charge in [-0.1, -0.05) is 35.9 Å². The van der Waals surface area contributed by atoms with Gasteiger partial charge in [-0.05, 0) is 35.4 Å². The molecule has 3 rings (SSSR count). The molecule has 1 heterocycles. The molecule has 21 heavy (non-hydrogen) atoms. The van der Waals surface area contributed by atoms with Crippen molar-refractivity contribution in [1.29, 1.82) is 0 Å². The van der Waals surface area contributed by atoms with Crippen molar-refractivity contribution < 1.29 is 4.39 Å². The molecule has 1 fully saturated rings. The third kappa shape index (κ3) is 3.43. The molecule has 1 saturated heterocycles. The van der Waals surface area contributed by atoms with Crippen molar-refractivity contribution in [2.75, 3.05) is 26.2 Å². The molecule has 0 unspecified atom stereocenters. The minimum atomic E-state index is -0.200. The normalized spacial score (nSPS) is 17.6. The third-order valence-electron chi connectivity index (χ3n) is 3.89. The number of nitrogens with one attached hydrogen (secondary N) is 1. The summed E-state index contributed by atoms with van der Waals surface area (Å²) in [7, 11) is 0. The minimum absolute atomic E-state index is 0.143. The Morgan fingerprint density at radius 1 is 0.905 bits per heavy atom. The molecule has 4 heteroatoms. The van der Waals surface area contributed by atoms with Crippen LogP contribution in [0.5, 0.6) is 0 Å². The fourth-order valence-corrected chi connectivity index (χ4v) is 2.97. The summed E-state index contributed by atoms with van der Waals surface area (Å²) in [4.78, 5) is 2.42. The summed E-state index contributed by atoms with van der Waals surface area (Å²) in [5.41, 5.74) is 2.30. The Balaban J connectivity index is 1.97. The molecule has 0 aliphatic carbocycles. The molecule has 0 spiro atoms. The molecule has 1 aliphatic rings. The summed E-state index contributed by atoms with van der Waals surface area (Å²) in [6.45, 7) is 3.91. The lowest BCUT2D eigenvalue weighted by molar-refractivity contribution is 0.198. The van der Waals surface area contributed by atoms with Crippen LogP contribution in [0.2, 0.25) is 5.02 Å². The van der Waals surface area contributed by atoms with Gasteiger partial charge < -0.3 is 5.32 Å². The van der Waals surface area contributed by atoms with Gasteiger partial charge >= 0.3 is 0 Å². The Hall–Kier alpha value is -1.42. The summed E-state index contributed by atoms with van der Waals surface area (Å²) < 4.78 is 13.2. The van der Waals surface area contributed by atoms with Crippen LogP contribution in [0.1, 0.15) is 17.2 Å². The van der Waals surface area contributed by atoms with Crippen LogP contribution in [0, 0.1) is 5.82 Å². The molecule has 0 aromatic heterocycles. The standard InChI is InChI=1S/C17H18ClFN2/c18-15-5-1-13(2-6-15)17(21-11-9-20-10-12-21)14-3-7-16(19)8-4-14/h1-8,17,20H,9-12H2/t17-/m1/s1. The van der Waals surface area contributed by atoms with Crippen LogP contribution in [0.15, 0.2) is 48.5 Å². The van der Waals surface area contributed by atoms with Crippen molar-refractivity contribution in [3.8, 4) is 0 Å². The van der Waals surface area contributed by atoms with Crippen molar-refractivity contribution >= 4 is 11.6 Å². The Morgan fingerprint density at radius 2 is 1.43 bits per heavy atom. The Labute approximate surface area is 129 Å². The van der Waals surface area contributed by atoms with E-state index in [1.54, 1.807) is 0 Å². The summed E-state index contributed by atoms with van der Waals surface area (Å²) in [5.74, 6) is -0.200. The van der Waals surface area contributed by atoms with Crippen molar-refractivity contribution in [2.45, 2.75) is 6.04 Å². The fourth-order valence-electron chi connectivity index (χ4n) is 2.84. The van der Waals surface area contributed by atoms with E-state index in [4.69, 9.17) is 11.6 Å². The van der Waals surface area contributed by atoms with Gasteiger partial charge in [0.05, 0.1) is 6.04 Å². The first kappa shape index (κ1) is 14.5. The second-order valence-electron chi connectivity index (χ2n) is 5.29. The number of hydrogen-bond acceptors (Lipinski definition) is 2. The average molecular weight is 305 g/mol. The lowest BCUT2D eigenvalue weighted by atomic mass is 9.96. The number of piperazine rings is 1. The van der Waals surface area contributed by atoms with Gasteiger partial charge in [0.1, 0.15) is 5.82 Å². The molecular weight excluding hydrogens is 287 g/mol. The fraction of sp³-hybridized carbons (Fsp3) is 0.294. The van der Waals surface area contributed by atoms with Gasteiger partial charge in [-0.15, -0.1) is 0 Å². The lowest BCUT2D eigenvalue weighted by Gasteiger charge is -2.35. The summed E-state index contributed by atoms with van der Waals surface area (Å²) in [6, 6.07) is 14.9. The van der Waals surface area contributed by atoms with Crippen LogP contribution in [-0.4, -0.2) is 31.1 Å². The monoisotopic (exact) mass is 304 g/mol. The van der Waals surface area contributed by atoms with Gasteiger partial charge in [-0.2, -0.15) is 0 Å². The zero-order valence-electron chi connectivity index (χ0n) is 11.7. The third-order valence-corrected chi connectivity index (χ3v) is 4.14. The van der Waals surface area contributed by atoms with E-state index in [9.17, 15) is 4.39 Å². The maximum Gasteiger partial charge on any atom is 0.123 e. The number of rotatable bonds is 3. The zero-order valence-corrected chi connectivity index (χ0v) is 12.5. The summed E-state index contributed by atoms with van der Waals surface area (Å²) in [6.07, 6.45) is 0. The van der Waals surface area contributed by atoms with Crippen molar-refractivity contribution in [3.05, 3.63) is 70.5 Å². The molecule has 1 N–H and O–H groups in total. The molecule has 1 aliphatic heterocycles. The molecule has 0 radical (unpaired) electrons. The topological polar surface area (TPSA) is 15.3 Å². The van der Waals surface area contributed by atoms with Gasteiger partial charge in [0, 0.05) is 31.2 Å². The van der Waals surface area contributed by atoms with E-state index in [1.165, 1.54) is 17.7 Å². The Bertz CT molecular complexity index is 531. The summed E-state index contributed by atoms with van der Waals surface area (Å²) >= 11 is 6.00. The van der Waals surface area contributed by atoms with Gasteiger partial charge in [0.15, 0.2) is 0 Å². The molecule has 2 nitrogen and oxygen atoms in total. The predicted molar refractivity (Wildman–Crippen MR) is 84.1 cm³/mol. The number of nitrogens with zero attached hydrogens (tertiary/aromatic N) is 1. The van der Waals surface area contributed by atoms with Gasteiger partial charge in [-0.3, -0.25) is 4.90 Å². The molecule has 0 amide bonds. The number of halogens is 2. The highest BCUT2D eigenvalue weighted by Crippen LogP contribution is 2.29. The predicted octanol–water partition coefficient (Wildman–Crippen LogP) is 3.47. The van der Waals surface area contributed by atoms with Crippen LogP contribution in [-0.2, 0) is 0 Å². The molecule has 1 atom stereocenters. The minimum Gasteiger partial charge on any atom is -0.314 e. The first-order valence-electron chi connectivity index (χ1n) is 7.20. The maximum absolute atomic E-state index is 13.2. The molecule has 2 aromatic rings. The van der Waals surface area contributed by atoms with Gasteiger partial charge in [0.2, 0.25) is 0 Å². The second-order valence-corrected chi connectivity index (χ2v) is 5.73. The van der Waals surface area contributed by atoms with Gasteiger partial charge in [0.25, 0.3) is 0 Å². The van der Waals surface area contributed by atoms with E-state index in [2.05, 4.69) is 22.3 Å². The van der Waals surface area contributed by atoms with Crippen LogP contribution in [0.25, 0.3) is 0 Å². The van der Waals surface area contributed by atoms with Crippen LogP contribution in [0.3, 0.4) is 0 Å². The van der Waals surface area contributed by atoms with Crippen molar-refractivity contribution in [1.82, 2.24) is 10.2 Å². The van der Waals surface area contributed by atoms with Crippen LogP contribution in [0.4, 0.5) is 4.39 Å². The summed E-state index contributed by atoms with van der Waals surface area (Å²) in [5, 5.41) is 4.10. The first-order chi connectivity index (χ1) is 10.2. The van der Waals surface area contributed by atoms with E-state index < -0.39 is 0 Å². The zero-order chi connectivity index (χ0) is 14.7. The lowest BCUT2D eigenvalue weighted by Crippen LogP contribution is -2.45. The van der Waals surface area contributed by atoms with E-state index in [-0.39, 0.29) is 11.9 Å². The van der Waals surface area contributed by atoms with Crippen molar-refractivity contribution in [2.24, 2.45) is 0 Å². The molecule has 2 aromatic carbocycles. The maximum atomic E-state index is 13.2. The smallest absolute Gasteiger partial charge is 0.123 e. The van der Waals surface area contributed by atoms with Crippen molar-refractivity contribution in [3.63, 3.8) is 0 Å². The van der Waals surface area contributed by atoms with Gasteiger partial charge in [-0.25, -0.2) is 4.39 Å². The molecule has 0 saturated carbocycles. The Morgan fingerprint density at radius 3 is 2.00 bits per heavy atom. The Kier molecular flexibility index (Phi) is 4.54. The second kappa shape index (κ2) is 6.56. The highest BCUT2D eigenvalue weighted by Gasteiger charge is 2.23. The van der Waals surface area contributed by atoms with Crippen LogP contribution < -0.4 is 5.32 Å². The highest BCUT2D eigenvalue weighted by atomic mass is 35.5. The quantitative estimate of drug-likeness (QED) is 0.934. The SMILES string of the molecule is Fc1ccc([C@@H](c2ccc(Cl)cc2)N2CCNCC2)cc1. The van der Waals surface area contributed by atoms with E-state index >= 15 is 0 Å². The highest BCUT2D eigenvalue weighted by molar-refractivity contribution is 6.30. The largest absolute Gasteiger partial charge is 0.314 e. The molecule has 110 valence electrons. The van der Waals surface area contributed by atoms with E-state index in [1.807, 2.05) is 24.3 Å². The number of hydrogen-bond donors (Lipinski definition) is 1. The van der Waals surface area contributed by atoms with E-state index in [0.717, 1.165) is 36.8 Å². The average Bonchev–Trinajstić information content (AvgIpc) is 2.52. The van der Waals surface area contributed by atoms with Crippen LogP contribution >= 0.6 is 11.6 Å². The number of benzene rings is 2. The first-order valence-corrected chi connectivity index (χ1v) is 7.57. The molecular formula is C17H18ClFN2. The van der Waals surface area contributed by atoms with E-state index in [0.29, 0.717) is 0 Å².